The fourth-order valence-corrected chi connectivity index (χ4v) is 5.10. The summed E-state index contributed by atoms with van der Waals surface area (Å²) in [7, 11) is 0. The predicted octanol–water partition coefficient (Wildman–Crippen LogP) is 3.50. The molecule has 188 valence electrons. The molecule has 1 aromatic heterocycles. The van der Waals surface area contributed by atoms with E-state index in [9.17, 15) is 14.0 Å². The largest absolute Gasteiger partial charge is 0.465 e. The molecule has 0 spiro atoms. The Morgan fingerprint density at radius 2 is 1.89 bits per heavy atom. The number of fused-ring (bicyclic) bond motifs is 1. The Bertz CT molecular complexity index is 1170. The molecule has 9 heteroatoms. The molecular weight excluding hydrogens is 449 g/mol. The van der Waals surface area contributed by atoms with Crippen molar-refractivity contribution >= 4 is 23.3 Å². The number of esters is 1. The number of hydrogen-bond donors (Lipinski definition) is 0. The van der Waals surface area contributed by atoms with E-state index in [1.165, 1.54) is 6.07 Å². The van der Waals surface area contributed by atoms with Gasteiger partial charge in [-0.05, 0) is 26.3 Å². The van der Waals surface area contributed by atoms with Crippen molar-refractivity contribution in [1.29, 1.82) is 0 Å². The van der Waals surface area contributed by atoms with Gasteiger partial charge in [0.15, 0.2) is 0 Å². The summed E-state index contributed by atoms with van der Waals surface area (Å²) < 4.78 is 21.1. The number of hydrogen-bond acceptors (Lipinski definition) is 7. The van der Waals surface area contributed by atoms with E-state index in [-0.39, 0.29) is 23.4 Å². The van der Waals surface area contributed by atoms with Crippen LogP contribution < -0.4 is 10.6 Å². The first-order valence-electron chi connectivity index (χ1n) is 12.4. The summed E-state index contributed by atoms with van der Waals surface area (Å²) in [5.41, 5.74) is 1.82. The average Bonchev–Trinajstić information content (AvgIpc) is 2.83. The SMILES string of the molecule is CCCn1c2c(c(N3CCN(Cc4ccccc4F)CC3)nc1=O)C(C)C(C(=O)OCC)C(C)=N2. The number of halogens is 1. The molecule has 0 radical (unpaired) electrons. The van der Waals surface area contributed by atoms with Crippen molar-refractivity contribution in [3.05, 3.63) is 51.7 Å². The van der Waals surface area contributed by atoms with Gasteiger partial charge in [0.2, 0.25) is 0 Å². The van der Waals surface area contributed by atoms with Crippen molar-refractivity contribution in [2.45, 2.75) is 53.1 Å². The number of rotatable bonds is 7. The Kier molecular flexibility index (Phi) is 7.64. The highest BCUT2D eigenvalue weighted by Gasteiger charge is 2.39. The van der Waals surface area contributed by atoms with Crippen molar-refractivity contribution in [1.82, 2.24) is 14.5 Å². The molecule has 2 aliphatic heterocycles. The van der Waals surface area contributed by atoms with Gasteiger partial charge in [-0.3, -0.25) is 14.3 Å². The maximum absolute atomic E-state index is 14.1. The molecule has 4 rings (SSSR count). The molecule has 2 aromatic rings. The Morgan fingerprint density at radius 3 is 2.54 bits per heavy atom. The van der Waals surface area contributed by atoms with E-state index >= 15 is 0 Å². The first-order valence-corrected chi connectivity index (χ1v) is 12.4. The normalized spacial score (nSPS) is 20.4. The summed E-state index contributed by atoms with van der Waals surface area (Å²) in [4.78, 5) is 39.4. The zero-order valence-corrected chi connectivity index (χ0v) is 21.0. The van der Waals surface area contributed by atoms with Gasteiger partial charge in [-0.1, -0.05) is 32.0 Å². The van der Waals surface area contributed by atoms with Crippen LogP contribution >= 0.6 is 0 Å². The van der Waals surface area contributed by atoms with Crippen LogP contribution in [0.4, 0.5) is 16.0 Å². The summed E-state index contributed by atoms with van der Waals surface area (Å²) >= 11 is 0. The van der Waals surface area contributed by atoms with Crippen LogP contribution in [-0.4, -0.2) is 58.9 Å². The number of carbonyl (C=O) groups excluding carboxylic acids is 1. The lowest BCUT2D eigenvalue weighted by Gasteiger charge is -2.38. The maximum atomic E-state index is 14.1. The molecule has 0 N–H and O–H groups in total. The number of carbonyl (C=O) groups is 1. The zero-order valence-electron chi connectivity index (χ0n) is 21.0. The van der Waals surface area contributed by atoms with Crippen molar-refractivity contribution in [3.8, 4) is 0 Å². The minimum Gasteiger partial charge on any atom is -0.465 e. The van der Waals surface area contributed by atoms with E-state index in [1.54, 1.807) is 17.6 Å². The van der Waals surface area contributed by atoms with E-state index in [0.717, 1.165) is 12.0 Å². The molecule has 1 saturated heterocycles. The quantitative estimate of drug-likeness (QED) is 0.561. The van der Waals surface area contributed by atoms with Gasteiger partial charge in [0.05, 0.1) is 6.61 Å². The van der Waals surface area contributed by atoms with Crippen LogP contribution in [0.5, 0.6) is 0 Å². The predicted molar refractivity (Wildman–Crippen MR) is 134 cm³/mol. The lowest BCUT2D eigenvalue weighted by atomic mass is 9.82. The van der Waals surface area contributed by atoms with E-state index in [2.05, 4.69) is 14.8 Å². The fraction of sp³-hybridized carbons (Fsp3) is 0.538. The maximum Gasteiger partial charge on any atom is 0.351 e. The first-order chi connectivity index (χ1) is 16.8. The number of ether oxygens (including phenoxy) is 1. The summed E-state index contributed by atoms with van der Waals surface area (Å²) in [6, 6.07) is 6.84. The van der Waals surface area contributed by atoms with Crippen molar-refractivity contribution < 1.29 is 13.9 Å². The number of piperazine rings is 1. The average molecular weight is 484 g/mol. The van der Waals surface area contributed by atoms with Crippen molar-refractivity contribution in [2.75, 3.05) is 37.7 Å². The van der Waals surface area contributed by atoms with Crippen LogP contribution in [0.15, 0.2) is 34.1 Å². The number of nitrogens with zero attached hydrogens (tertiary/aromatic N) is 5. The number of benzene rings is 1. The van der Waals surface area contributed by atoms with Crippen molar-refractivity contribution in [3.63, 3.8) is 0 Å². The minimum absolute atomic E-state index is 0.197. The number of anilines is 1. The van der Waals surface area contributed by atoms with E-state index in [1.807, 2.05) is 32.9 Å². The summed E-state index contributed by atoms with van der Waals surface area (Å²) in [5.74, 6) is -0.0534. The van der Waals surface area contributed by atoms with Gasteiger partial charge in [0, 0.05) is 62.0 Å². The van der Waals surface area contributed by atoms with E-state index < -0.39 is 5.92 Å². The molecule has 1 aromatic carbocycles. The van der Waals surface area contributed by atoms with Crippen LogP contribution in [0.2, 0.25) is 0 Å². The third-order valence-corrected chi connectivity index (χ3v) is 6.87. The summed E-state index contributed by atoms with van der Waals surface area (Å²) in [6.45, 7) is 11.7. The topological polar surface area (TPSA) is 80.0 Å². The van der Waals surface area contributed by atoms with Gasteiger partial charge >= 0.3 is 11.7 Å². The molecule has 0 aliphatic carbocycles. The van der Waals surface area contributed by atoms with Crippen LogP contribution in [0.3, 0.4) is 0 Å². The summed E-state index contributed by atoms with van der Waals surface area (Å²) in [5, 5.41) is 0. The molecule has 0 saturated carbocycles. The highest BCUT2D eigenvalue weighted by Crippen LogP contribution is 2.42. The molecule has 1 fully saturated rings. The first kappa shape index (κ1) is 25.0. The minimum atomic E-state index is -0.516. The van der Waals surface area contributed by atoms with Gasteiger partial charge in [-0.25, -0.2) is 14.2 Å². The van der Waals surface area contributed by atoms with Gasteiger partial charge in [-0.15, -0.1) is 0 Å². The fourth-order valence-electron chi connectivity index (χ4n) is 5.10. The van der Waals surface area contributed by atoms with Crippen LogP contribution in [-0.2, 0) is 22.6 Å². The Labute approximate surface area is 205 Å². The van der Waals surface area contributed by atoms with Gasteiger partial charge in [0.25, 0.3) is 0 Å². The molecule has 2 aliphatic rings. The molecule has 8 nitrogen and oxygen atoms in total. The lowest BCUT2D eigenvalue weighted by Crippen LogP contribution is -2.48. The zero-order chi connectivity index (χ0) is 25.1. The second-order valence-corrected chi connectivity index (χ2v) is 9.23. The molecule has 3 heterocycles. The van der Waals surface area contributed by atoms with Crippen LogP contribution in [0, 0.1) is 11.7 Å². The van der Waals surface area contributed by atoms with Gasteiger partial charge in [0.1, 0.15) is 23.4 Å². The third kappa shape index (κ3) is 5.00. The third-order valence-electron chi connectivity index (χ3n) is 6.87. The monoisotopic (exact) mass is 483 g/mol. The molecule has 0 amide bonds. The molecular formula is C26H34FN5O3. The smallest absolute Gasteiger partial charge is 0.351 e. The Hall–Kier alpha value is -3.07. The second-order valence-electron chi connectivity index (χ2n) is 9.23. The highest BCUT2D eigenvalue weighted by atomic mass is 19.1. The number of aromatic nitrogens is 2. The number of aliphatic imine (C=N–C) groups is 1. The Morgan fingerprint density at radius 1 is 1.17 bits per heavy atom. The van der Waals surface area contributed by atoms with Crippen molar-refractivity contribution in [2.24, 2.45) is 10.9 Å². The van der Waals surface area contributed by atoms with Gasteiger partial charge < -0.3 is 9.64 Å². The van der Waals surface area contributed by atoms with E-state index in [0.29, 0.717) is 68.8 Å². The second kappa shape index (κ2) is 10.7. The molecule has 0 bridgehead atoms. The van der Waals surface area contributed by atoms with Crippen LogP contribution in [0.1, 0.15) is 51.2 Å². The van der Waals surface area contributed by atoms with E-state index in [4.69, 9.17) is 9.73 Å². The molecule has 2 atom stereocenters. The lowest BCUT2D eigenvalue weighted by molar-refractivity contribution is -0.146. The van der Waals surface area contributed by atoms with Gasteiger partial charge in [-0.2, -0.15) is 4.98 Å². The highest BCUT2D eigenvalue weighted by molar-refractivity contribution is 6.04. The Balaban J connectivity index is 1.65. The molecule has 2 unspecified atom stereocenters. The standard InChI is InChI=1S/C26H34FN5O3/c1-5-11-32-24-22(17(3)21(18(4)28-24)25(33)35-6-2)23(29-26(32)34)31-14-12-30(13-15-31)16-19-9-7-8-10-20(19)27/h7-10,17,21H,5-6,11-16H2,1-4H3. The molecule has 35 heavy (non-hydrogen) atoms. The van der Waals surface area contributed by atoms with Crippen LogP contribution in [0.25, 0.3) is 0 Å². The summed E-state index contributed by atoms with van der Waals surface area (Å²) in [6.07, 6.45) is 0.770.